The van der Waals surface area contributed by atoms with Crippen LogP contribution in [0.1, 0.15) is 30.0 Å². The minimum absolute atomic E-state index is 0.135. The van der Waals surface area contributed by atoms with Gasteiger partial charge in [0.25, 0.3) is 0 Å². The van der Waals surface area contributed by atoms with Gasteiger partial charge in [0, 0.05) is 36.4 Å². The van der Waals surface area contributed by atoms with Crippen molar-refractivity contribution in [1.29, 1.82) is 0 Å². The summed E-state index contributed by atoms with van der Waals surface area (Å²) in [5, 5.41) is 0. The molecule has 5 heteroatoms. The van der Waals surface area contributed by atoms with Gasteiger partial charge in [0.2, 0.25) is 5.89 Å². The molecule has 0 spiro atoms. The Kier molecular flexibility index (Phi) is 7.31. The predicted molar refractivity (Wildman–Crippen MR) is 146 cm³/mol. The van der Waals surface area contributed by atoms with Gasteiger partial charge >= 0.3 is 0 Å². The van der Waals surface area contributed by atoms with E-state index in [1.165, 1.54) is 0 Å². The van der Waals surface area contributed by atoms with E-state index in [0.29, 0.717) is 25.3 Å². The predicted octanol–water partition coefficient (Wildman–Crippen LogP) is 7.11. The van der Waals surface area contributed by atoms with E-state index in [1.54, 1.807) is 6.92 Å². The van der Waals surface area contributed by atoms with E-state index in [-0.39, 0.29) is 11.8 Å². The second kappa shape index (κ2) is 11.1. The Morgan fingerprint density at radius 1 is 0.919 bits per heavy atom. The number of Topliss-reactive ketones (excluding diaryl/α,β-unsaturated/α-hetero) is 1. The number of ether oxygens (including phenoxy) is 1. The fraction of sp³-hybridized carbons (Fsp3) is 0.188. The number of aromatic nitrogens is 2. The molecule has 0 aliphatic heterocycles. The lowest BCUT2D eigenvalue weighted by Gasteiger charge is -2.18. The maximum absolute atomic E-state index is 12.4. The quantitative estimate of drug-likeness (QED) is 0.209. The Hall–Kier alpha value is -4.38. The average molecular weight is 491 g/mol. The van der Waals surface area contributed by atoms with Crippen molar-refractivity contribution in [3.8, 4) is 28.3 Å². The van der Waals surface area contributed by atoms with Crippen LogP contribution in [0.4, 0.5) is 0 Å². The Morgan fingerprint density at radius 3 is 2.27 bits per heavy atom. The molecule has 5 rings (SSSR count). The molecule has 5 nitrogen and oxygen atoms in total. The molecule has 0 saturated carbocycles. The maximum atomic E-state index is 12.4. The molecule has 2 aromatic heterocycles. The van der Waals surface area contributed by atoms with Crippen LogP contribution in [0.2, 0.25) is 0 Å². The molecule has 37 heavy (non-hydrogen) atoms. The van der Waals surface area contributed by atoms with Crippen molar-refractivity contribution in [3.05, 3.63) is 120 Å². The number of carbonyl (C=O) groups excluding carboxylic acids is 1. The molecule has 2 heterocycles. The van der Waals surface area contributed by atoms with E-state index in [0.717, 1.165) is 39.5 Å². The van der Waals surface area contributed by atoms with Crippen LogP contribution in [-0.4, -0.2) is 21.9 Å². The first-order chi connectivity index (χ1) is 18.1. The first-order valence-electron chi connectivity index (χ1n) is 12.5. The first-order valence-corrected chi connectivity index (χ1v) is 12.5. The zero-order chi connectivity index (χ0) is 25.6. The highest BCUT2D eigenvalue weighted by atomic mass is 16.5. The van der Waals surface area contributed by atoms with Gasteiger partial charge in [-0.2, -0.15) is 0 Å². The maximum Gasteiger partial charge on any atom is 0.226 e. The van der Waals surface area contributed by atoms with Crippen molar-refractivity contribution >= 4 is 5.78 Å². The van der Waals surface area contributed by atoms with Gasteiger partial charge in [-0.15, -0.1) is 0 Å². The third kappa shape index (κ3) is 5.72. The van der Waals surface area contributed by atoms with Gasteiger partial charge in [0.1, 0.15) is 11.5 Å². The topological polar surface area (TPSA) is 57.3 Å². The van der Waals surface area contributed by atoms with Crippen LogP contribution < -0.4 is 4.74 Å². The van der Waals surface area contributed by atoms with Crippen LogP contribution >= 0.6 is 0 Å². The highest BCUT2D eigenvalue weighted by molar-refractivity contribution is 5.80. The summed E-state index contributed by atoms with van der Waals surface area (Å²) in [6.07, 6.45) is 5.14. The lowest BCUT2D eigenvalue weighted by Crippen LogP contribution is -2.18. The van der Waals surface area contributed by atoms with E-state index < -0.39 is 0 Å². The number of ketones is 1. The number of nitrogens with zero attached hydrogens (tertiary/aromatic N) is 2. The standard InChI is InChI=1S/C32H30N2O3/c1-23(35)30(34-18-9-10-19-34)22-25-15-16-31(28(21-25)26-11-5-3-6-12-26)36-20-17-29-24(2)37-32(33-29)27-13-7-4-8-14-27/h3-16,18-19,21,30H,17,20,22H2,1-2H3/t30-/m0/s1. The number of carbonyl (C=O) groups is 1. The van der Waals surface area contributed by atoms with Crippen LogP contribution in [0, 0.1) is 6.92 Å². The summed E-state index contributed by atoms with van der Waals surface area (Å²) >= 11 is 0. The molecular formula is C32H30N2O3. The van der Waals surface area contributed by atoms with Gasteiger partial charge in [-0.25, -0.2) is 4.98 Å². The molecule has 0 N–H and O–H groups in total. The normalized spacial score (nSPS) is 11.8. The number of hydrogen-bond donors (Lipinski definition) is 0. The molecule has 0 saturated heterocycles. The minimum atomic E-state index is -0.237. The lowest BCUT2D eigenvalue weighted by atomic mass is 9.97. The zero-order valence-corrected chi connectivity index (χ0v) is 21.1. The monoisotopic (exact) mass is 490 g/mol. The van der Waals surface area contributed by atoms with Crippen molar-refractivity contribution in [3.63, 3.8) is 0 Å². The summed E-state index contributed by atoms with van der Waals surface area (Å²) in [6, 6.07) is 30.0. The summed E-state index contributed by atoms with van der Waals surface area (Å²) in [6.45, 7) is 4.06. The number of oxazole rings is 1. The van der Waals surface area contributed by atoms with Crippen LogP contribution in [0.5, 0.6) is 5.75 Å². The molecule has 0 aliphatic rings. The molecule has 5 aromatic rings. The Morgan fingerprint density at radius 2 is 1.59 bits per heavy atom. The largest absolute Gasteiger partial charge is 0.493 e. The Bertz CT molecular complexity index is 1450. The molecule has 0 bridgehead atoms. The van der Waals surface area contributed by atoms with E-state index in [9.17, 15) is 4.79 Å². The number of aryl methyl sites for hydroxylation is 1. The van der Waals surface area contributed by atoms with Crippen LogP contribution in [0.15, 0.2) is 108 Å². The smallest absolute Gasteiger partial charge is 0.226 e. The summed E-state index contributed by atoms with van der Waals surface area (Å²) < 4.78 is 14.2. The van der Waals surface area contributed by atoms with E-state index in [1.807, 2.05) is 90.6 Å². The highest BCUT2D eigenvalue weighted by Crippen LogP contribution is 2.33. The van der Waals surface area contributed by atoms with E-state index >= 15 is 0 Å². The fourth-order valence-electron chi connectivity index (χ4n) is 4.53. The molecule has 0 aliphatic carbocycles. The van der Waals surface area contributed by atoms with Gasteiger partial charge in [-0.1, -0.05) is 54.6 Å². The molecular weight excluding hydrogens is 460 g/mol. The summed E-state index contributed by atoms with van der Waals surface area (Å²) in [5.41, 5.74) is 5.02. The van der Waals surface area contributed by atoms with Crippen LogP contribution in [0.3, 0.4) is 0 Å². The van der Waals surface area contributed by atoms with Crippen molar-refractivity contribution in [2.45, 2.75) is 32.7 Å². The number of hydrogen-bond acceptors (Lipinski definition) is 4. The number of benzene rings is 3. The molecule has 186 valence electrons. The molecule has 0 amide bonds. The summed E-state index contributed by atoms with van der Waals surface area (Å²) in [4.78, 5) is 17.1. The van der Waals surface area contributed by atoms with Crippen LogP contribution in [0.25, 0.3) is 22.6 Å². The second-order valence-corrected chi connectivity index (χ2v) is 9.14. The molecule has 0 radical (unpaired) electrons. The summed E-state index contributed by atoms with van der Waals surface area (Å²) in [7, 11) is 0. The number of rotatable bonds is 10. The van der Waals surface area contributed by atoms with Crippen molar-refractivity contribution < 1.29 is 13.9 Å². The van der Waals surface area contributed by atoms with Gasteiger partial charge in [0.15, 0.2) is 5.78 Å². The molecule has 0 fully saturated rings. The highest BCUT2D eigenvalue weighted by Gasteiger charge is 2.18. The van der Waals surface area contributed by atoms with Crippen LogP contribution in [-0.2, 0) is 17.6 Å². The zero-order valence-electron chi connectivity index (χ0n) is 21.1. The summed E-state index contributed by atoms with van der Waals surface area (Å²) in [5.74, 6) is 2.38. The average Bonchev–Trinajstić information content (AvgIpc) is 3.59. The van der Waals surface area contributed by atoms with Crippen molar-refractivity contribution in [1.82, 2.24) is 9.55 Å². The van der Waals surface area contributed by atoms with Gasteiger partial charge < -0.3 is 13.7 Å². The van der Waals surface area contributed by atoms with Gasteiger partial charge in [0.05, 0.1) is 18.3 Å². The lowest BCUT2D eigenvalue weighted by molar-refractivity contribution is -0.120. The van der Waals surface area contributed by atoms with E-state index in [2.05, 4.69) is 24.3 Å². The molecule has 0 unspecified atom stereocenters. The first kappa shape index (κ1) is 24.3. The third-order valence-corrected chi connectivity index (χ3v) is 6.52. The van der Waals surface area contributed by atoms with Crippen molar-refractivity contribution in [2.75, 3.05) is 6.61 Å². The van der Waals surface area contributed by atoms with Crippen molar-refractivity contribution in [2.24, 2.45) is 0 Å². The van der Waals surface area contributed by atoms with E-state index in [4.69, 9.17) is 14.1 Å². The fourth-order valence-corrected chi connectivity index (χ4v) is 4.53. The minimum Gasteiger partial charge on any atom is -0.493 e. The Balaban J connectivity index is 1.35. The third-order valence-electron chi connectivity index (χ3n) is 6.52. The second-order valence-electron chi connectivity index (χ2n) is 9.14. The van der Waals surface area contributed by atoms with Gasteiger partial charge in [-0.3, -0.25) is 4.79 Å². The molecule has 1 atom stereocenters. The Labute approximate surface area is 217 Å². The molecule has 3 aromatic carbocycles. The van der Waals surface area contributed by atoms with Gasteiger partial charge in [-0.05, 0) is 61.4 Å². The SMILES string of the molecule is CC(=O)[C@H](Cc1ccc(OCCc2nc(-c3ccccc3)oc2C)c(-c2ccccc2)c1)n1cccc1.